The van der Waals surface area contributed by atoms with E-state index in [1.165, 1.54) is 5.56 Å². The molecule has 4 heteroatoms. The molecule has 0 bridgehead atoms. The summed E-state index contributed by atoms with van der Waals surface area (Å²) in [4.78, 5) is 4.24. The summed E-state index contributed by atoms with van der Waals surface area (Å²) in [5, 5.41) is 5.01. The van der Waals surface area contributed by atoms with Crippen LogP contribution in [0.15, 0.2) is 35.4 Å². The number of aromatic nitrogens is 3. The fourth-order valence-corrected chi connectivity index (χ4v) is 2.22. The van der Waals surface area contributed by atoms with Gasteiger partial charge in [-0.1, -0.05) is 25.1 Å². The second kappa shape index (κ2) is 3.98. The summed E-state index contributed by atoms with van der Waals surface area (Å²) in [7, 11) is 0. The van der Waals surface area contributed by atoms with Crippen LogP contribution in [-0.2, 0) is 0 Å². The monoisotopic (exact) mass is 241 g/mol. The van der Waals surface area contributed by atoms with Crippen molar-refractivity contribution in [3.05, 3.63) is 42.1 Å². The summed E-state index contributed by atoms with van der Waals surface area (Å²) in [5.41, 5.74) is 4.04. The normalized spacial score (nSPS) is 11.6. The average Bonchev–Trinajstić information content (AvgIpc) is 2.95. The van der Waals surface area contributed by atoms with E-state index in [2.05, 4.69) is 36.1 Å². The summed E-state index contributed by atoms with van der Waals surface area (Å²) in [5.74, 6) is 0.450. The lowest BCUT2D eigenvalue weighted by molar-refractivity contribution is 0.455. The van der Waals surface area contributed by atoms with Gasteiger partial charge in [0.1, 0.15) is 0 Å². The van der Waals surface area contributed by atoms with E-state index in [-0.39, 0.29) is 0 Å². The van der Waals surface area contributed by atoms with Crippen molar-refractivity contribution in [1.29, 1.82) is 0 Å². The molecule has 92 valence electrons. The number of fused-ring (bicyclic) bond motifs is 1. The van der Waals surface area contributed by atoms with Crippen LogP contribution in [0.2, 0.25) is 0 Å². The Kier molecular flexibility index (Phi) is 2.44. The maximum atomic E-state index is 5.40. The molecule has 0 unspecified atom stereocenters. The Bertz CT molecular complexity index is 694. The number of hydrogen-bond acceptors (Lipinski definition) is 3. The number of rotatable bonds is 2. The van der Waals surface area contributed by atoms with E-state index in [1.807, 2.05) is 17.7 Å². The van der Waals surface area contributed by atoms with E-state index < -0.39 is 0 Å². The fraction of sp³-hybridized carbons (Fsp3) is 0.286. The second-order valence-corrected chi connectivity index (χ2v) is 4.82. The van der Waals surface area contributed by atoms with Crippen molar-refractivity contribution in [2.45, 2.75) is 26.7 Å². The third-order valence-corrected chi connectivity index (χ3v) is 3.15. The van der Waals surface area contributed by atoms with Gasteiger partial charge in [0.2, 0.25) is 0 Å². The largest absolute Gasteiger partial charge is 0.354 e. The lowest BCUT2D eigenvalue weighted by Crippen LogP contribution is -1.94. The molecule has 18 heavy (non-hydrogen) atoms. The molecule has 4 nitrogen and oxygen atoms in total. The zero-order valence-corrected chi connectivity index (χ0v) is 10.7. The first kappa shape index (κ1) is 11.0. The molecule has 0 saturated carbocycles. The molecule has 2 heterocycles. The minimum Gasteiger partial charge on any atom is -0.354 e. The lowest BCUT2D eigenvalue weighted by Gasteiger charge is -2.09. The average molecular weight is 241 g/mol. The Balaban J connectivity index is 2.26. The van der Waals surface area contributed by atoms with Crippen LogP contribution in [0.5, 0.6) is 0 Å². The van der Waals surface area contributed by atoms with Crippen LogP contribution in [0.4, 0.5) is 0 Å². The lowest BCUT2D eigenvalue weighted by atomic mass is 9.99. The van der Waals surface area contributed by atoms with Crippen LogP contribution in [0.1, 0.15) is 31.0 Å². The third-order valence-electron chi connectivity index (χ3n) is 3.15. The molecule has 0 radical (unpaired) electrons. The van der Waals surface area contributed by atoms with Gasteiger partial charge in [-0.25, -0.2) is 4.98 Å². The van der Waals surface area contributed by atoms with Gasteiger partial charge in [-0.15, -0.1) is 0 Å². The van der Waals surface area contributed by atoms with Crippen LogP contribution < -0.4 is 0 Å². The van der Waals surface area contributed by atoms with Crippen LogP contribution in [0.25, 0.3) is 16.7 Å². The molecule has 0 atom stereocenters. The Labute approximate surface area is 105 Å². The standard InChI is InChI=1S/C14H15N3O/c1-9(2)11-4-5-13(14-12(11)6-16-18-14)17-7-10(3)15-8-17/h4-9H,1-3H3. The van der Waals surface area contributed by atoms with Crippen molar-refractivity contribution < 1.29 is 4.52 Å². The predicted octanol–water partition coefficient (Wildman–Crippen LogP) is 3.45. The Morgan fingerprint density at radius 2 is 2.11 bits per heavy atom. The number of imidazole rings is 1. The van der Waals surface area contributed by atoms with Crippen LogP contribution in [0, 0.1) is 6.92 Å². The molecule has 0 aliphatic carbocycles. The minimum atomic E-state index is 0.450. The van der Waals surface area contributed by atoms with E-state index in [4.69, 9.17) is 4.52 Å². The van der Waals surface area contributed by atoms with Gasteiger partial charge in [0.25, 0.3) is 0 Å². The molecule has 3 aromatic rings. The summed E-state index contributed by atoms with van der Waals surface area (Å²) in [6, 6.07) is 4.19. The van der Waals surface area contributed by atoms with Gasteiger partial charge in [-0.2, -0.15) is 0 Å². The van der Waals surface area contributed by atoms with E-state index in [0.29, 0.717) is 5.92 Å². The second-order valence-electron chi connectivity index (χ2n) is 4.82. The highest BCUT2D eigenvalue weighted by molar-refractivity contribution is 5.87. The zero-order valence-electron chi connectivity index (χ0n) is 10.7. The van der Waals surface area contributed by atoms with Crippen LogP contribution in [0.3, 0.4) is 0 Å². The van der Waals surface area contributed by atoms with Crippen molar-refractivity contribution in [3.8, 4) is 5.69 Å². The van der Waals surface area contributed by atoms with E-state index in [0.717, 1.165) is 22.4 Å². The summed E-state index contributed by atoms with van der Waals surface area (Å²) in [6.07, 6.45) is 5.56. The maximum Gasteiger partial charge on any atom is 0.191 e. The number of hydrogen-bond donors (Lipinski definition) is 0. The minimum absolute atomic E-state index is 0.450. The summed E-state index contributed by atoms with van der Waals surface area (Å²) < 4.78 is 7.37. The van der Waals surface area contributed by atoms with Gasteiger partial charge < -0.3 is 9.09 Å². The SMILES string of the molecule is Cc1cn(-c2ccc(C(C)C)c3cnoc23)cn1. The molecule has 0 aliphatic rings. The molecule has 0 N–H and O–H groups in total. The van der Waals surface area contributed by atoms with Crippen molar-refractivity contribution in [2.75, 3.05) is 0 Å². The highest BCUT2D eigenvalue weighted by Crippen LogP contribution is 2.29. The number of aryl methyl sites for hydroxylation is 1. The van der Waals surface area contributed by atoms with E-state index >= 15 is 0 Å². The number of benzene rings is 1. The van der Waals surface area contributed by atoms with Crippen molar-refractivity contribution in [1.82, 2.24) is 14.7 Å². The van der Waals surface area contributed by atoms with E-state index in [1.54, 1.807) is 12.5 Å². The smallest absolute Gasteiger partial charge is 0.191 e. The molecule has 2 aromatic heterocycles. The first-order chi connectivity index (χ1) is 8.66. The molecule has 3 rings (SSSR count). The summed E-state index contributed by atoms with van der Waals surface area (Å²) in [6.45, 7) is 6.31. The zero-order chi connectivity index (χ0) is 12.7. The highest BCUT2D eigenvalue weighted by atomic mass is 16.5. The molecular weight excluding hydrogens is 226 g/mol. The van der Waals surface area contributed by atoms with Crippen molar-refractivity contribution >= 4 is 11.0 Å². The van der Waals surface area contributed by atoms with Gasteiger partial charge in [0.15, 0.2) is 5.58 Å². The molecule has 0 saturated heterocycles. The van der Waals surface area contributed by atoms with E-state index in [9.17, 15) is 0 Å². The molecule has 0 aliphatic heterocycles. The first-order valence-electron chi connectivity index (χ1n) is 6.05. The Hall–Kier alpha value is -2.10. The van der Waals surface area contributed by atoms with Gasteiger partial charge in [-0.3, -0.25) is 0 Å². The Morgan fingerprint density at radius 3 is 2.78 bits per heavy atom. The third kappa shape index (κ3) is 1.61. The van der Waals surface area contributed by atoms with Crippen molar-refractivity contribution in [2.24, 2.45) is 0 Å². The molecule has 1 aromatic carbocycles. The number of nitrogens with zero attached hydrogens (tertiary/aromatic N) is 3. The molecular formula is C14H15N3O. The van der Waals surface area contributed by atoms with Crippen LogP contribution >= 0.6 is 0 Å². The predicted molar refractivity (Wildman–Crippen MR) is 70.0 cm³/mol. The fourth-order valence-electron chi connectivity index (χ4n) is 2.22. The topological polar surface area (TPSA) is 43.9 Å². The molecule has 0 amide bonds. The van der Waals surface area contributed by atoms with Gasteiger partial charge >= 0.3 is 0 Å². The van der Waals surface area contributed by atoms with Crippen LogP contribution in [-0.4, -0.2) is 14.7 Å². The van der Waals surface area contributed by atoms with Gasteiger partial charge in [0, 0.05) is 11.6 Å². The maximum absolute atomic E-state index is 5.40. The first-order valence-corrected chi connectivity index (χ1v) is 6.05. The van der Waals surface area contributed by atoms with Crippen molar-refractivity contribution in [3.63, 3.8) is 0 Å². The summed E-state index contributed by atoms with van der Waals surface area (Å²) >= 11 is 0. The molecule has 0 spiro atoms. The highest BCUT2D eigenvalue weighted by Gasteiger charge is 2.13. The molecule has 0 fully saturated rings. The Morgan fingerprint density at radius 1 is 1.28 bits per heavy atom. The van der Waals surface area contributed by atoms with Gasteiger partial charge in [-0.05, 0) is 24.5 Å². The quantitative estimate of drug-likeness (QED) is 0.690. The van der Waals surface area contributed by atoms with Gasteiger partial charge in [0.05, 0.1) is 23.9 Å².